The Morgan fingerprint density at radius 2 is 1.41 bits per heavy atom. The van der Waals surface area contributed by atoms with Crippen LogP contribution >= 0.6 is 0 Å². The molecule has 0 spiro atoms. The molecule has 0 saturated heterocycles. The van der Waals surface area contributed by atoms with Crippen LogP contribution in [0.4, 0.5) is 30.4 Å². The molecule has 4 aromatic rings. The predicted molar refractivity (Wildman–Crippen MR) is 119 cm³/mol. The van der Waals surface area contributed by atoms with Crippen LogP contribution in [0.3, 0.4) is 0 Å². The van der Waals surface area contributed by atoms with Gasteiger partial charge in [-0.05, 0) is 65.7 Å². The zero-order valence-corrected chi connectivity index (χ0v) is 16.7. The van der Waals surface area contributed by atoms with Crippen LogP contribution < -0.4 is 10.6 Å². The number of pyridine rings is 1. The highest BCUT2D eigenvalue weighted by molar-refractivity contribution is 6.08. The molecule has 0 bridgehead atoms. The number of carbonyl (C=O) groups is 1. The van der Waals surface area contributed by atoms with Crippen LogP contribution in [0.5, 0.6) is 0 Å². The van der Waals surface area contributed by atoms with Gasteiger partial charge in [-0.15, -0.1) is 0 Å². The van der Waals surface area contributed by atoms with Crippen molar-refractivity contribution in [3.8, 4) is 11.1 Å². The van der Waals surface area contributed by atoms with Gasteiger partial charge in [-0.2, -0.15) is 13.2 Å². The maximum atomic E-state index is 12.9. The van der Waals surface area contributed by atoms with Crippen molar-refractivity contribution in [1.82, 2.24) is 4.98 Å². The summed E-state index contributed by atoms with van der Waals surface area (Å²) < 4.78 is 38.6. The number of carbonyl (C=O) groups excluding carboxylic acids is 1. The van der Waals surface area contributed by atoms with Crippen molar-refractivity contribution in [2.24, 2.45) is 0 Å². The minimum Gasteiger partial charge on any atom is -0.340 e. The number of rotatable bonds is 5. The summed E-state index contributed by atoms with van der Waals surface area (Å²) in [5.74, 6) is 0.348. The Labute approximate surface area is 182 Å². The number of aromatic nitrogens is 1. The van der Waals surface area contributed by atoms with E-state index in [4.69, 9.17) is 0 Å². The molecule has 0 aliphatic heterocycles. The monoisotopic (exact) mass is 433 g/mol. The number of benzene rings is 3. The molecule has 1 heterocycles. The van der Waals surface area contributed by atoms with Crippen LogP contribution in [0.15, 0.2) is 97.2 Å². The predicted octanol–water partition coefficient (Wildman–Crippen LogP) is 6.76. The fourth-order valence-electron chi connectivity index (χ4n) is 3.19. The summed E-state index contributed by atoms with van der Waals surface area (Å²) in [6, 6.07) is 24.2. The van der Waals surface area contributed by atoms with E-state index in [1.54, 1.807) is 42.6 Å². The van der Waals surface area contributed by atoms with Gasteiger partial charge in [-0.1, -0.05) is 36.4 Å². The molecular weight excluding hydrogens is 415 g/mol. The molecule has 4 nitrogen and oxygen atoms in total. The summed E-state index contributed by atoms with van der Waals surface area (Å²) in [7, 11) is 0. The summed E-state index contributed by atoms with van der Waals surface area (Å²) in [6.07, 6.45) is -2.72. The highest BCUT2D eigenvalue weighted by Gasteiger charge is 2.30. The maximum absolute atomic E-state index is 12.9. The molecule has 2 N–H and O–H groups in total. The number of amides is 1. The van der Waals surface area contributed by atoms with Crippen LogP contribution in [0.25, 0.3) is 11.1 Å². The molecule has 7 heteroatoms. The van der Waals surface area contributed by atoms with Gasteiger partial charge in [0, 0.05) is 23.1 Å². The quantitative estimate of drug-likeness (QED) is 0.365. The molecule has 4 rings (SSSR count). The Hall–Kier alpha value is -4.13. The summed E-state index contributed by atoms with van der Waals surface area (Å²) >= 11 is 0. The normalized spacial score (nSPS) is 11.1. The van der Waals surface area contributed by atoms with E-state index in [-0.39, 0.29) is 5.91 Å². The first kappa shape index (κ1) is 21.1. The third-order valence-corrected chi connectivity index (χ3v) is 4.77. The Kier molecular flexibility index (Phi) is 5.89. The Balaban J connectivity index is 1.51. The molecule has 160 valence electrons. The molecule has 3 aromatic carbocycles. The number of hydrogen-bond acceptors (Lipinski definition) is 3. The van der Waals surface area contributed by atoms with Crippen molar-refractivity contribution < 1.29 is 18.0 Å². The molecule has 0 unspecified atom stereocenters. The molecule has 0 atom stereocenters. The third kappa shape index (κ3) is 4.95. The Morgan fingerprint density at radius 3 is 2.06 bits per heavy atom. The maximum Gasteiger partial charge on any atom is 0.416 e. The van der Waals surface area contributed by atoms with Gasteiger partial charge in [0.2, 0.25) is 0 Å². The molecular formula is C25H18F3N3O. The molecule has 0 fully saturated rings. The van der Waals surface area contributed by atoms with Crippen molar-refractivity contribution in [3.63, 3.8) is 0 Å². The smallest absolute Gasteiger partial charge is 0.340 e. The van der Waals surface area contributed by atoms with Crippen LogP contribution in [0, 0.1) is 0 Å². The molecule has 32 heavy (non-hydrogen) atoms. The number of alkyl halides is 3. The number of nitrogens with zero attached hydrogens (tertiary/aromatic N) is 1. The standard InChI is InChI=1S/C25H18F3N3O/c26-25(27,28)18-10-8-17(9-11-18)21-5-1-2-6-22(21)24(32)31-20-14-12-19(13-15-20)30-23-7-3-4-16-29-23/h1-16H,(H,29,30)(H,31,32). The van der Waals surface area contributed by atoms with Crippen molar-refractivity contribution >= 4 is 23.1 Å². The van der Waals surface area contributed by atoms with E-state index in [1.807, 2.05) is 30.3 Å². The van der Waals surface area contributed by atoms with Crippen molar-refractivity contribution in [3.05, 3.63) is 108 Å². The fourth-order valence-corrected chi connectivity index (χ4v) is 3.19. The highest BCUT2D eigenvalue weighted by Crippen LogP contribution is 2.32. The lowest BCUT2D eigenvalue weighted by atomic mass is 9.98. The van der Waals surface area contributed by atoms with Crippen LogP contribution in [0.1, 0.15) is 15.9 Å². The number of anilines is 3. The first-order chi connectivity index (χ1) is 15.4. The van der Waals surface area contributed by atoms with Gasteiger partial charge in [-0.25, -0.2) is 4.98 Å². The van der Waals surface area contributed by atoms with Crippen LogP contribution in [-0.4, -0.2) is 10.9 Å². The lowest BCUT2D eigenvalue weighted by Gasteiger charge is -2.12. The van der Waals surface area contributed by atoms with Crippen molar-refractivity contribution in [1.29, 1.82) is 0 Å². The van der Waals surface area contributed by atoms with E-state index >= 15 is 0 Å². The highest BCUT2D eigenvalue weighted by atomic mass is 19.4. The molecule has 1 amide bonds. The SMILES string of the molecule is O=C(Nc1ccc(Nc2ccccn2)cc1)c1ccccc1-c1ccc(C(F)(F)F)cc1. The number of nitrogens with one attached hydrogen (secondary N) is 2. The minimum absolute atomic E-state index is 0.356. The summed E-state index contributed by atoms with van der Waals surface area (Å²) in [4.78, 5) is 17.1. The van der Waals surface area contributed by atoms with Gasteiger partial charge >= 0.3 is 6.18 Å². The Morgan fingerprint density at radius 1 is 0.750 bits per heavy atom. The van der Waals surface area contributed by atoms with Crippen molar-refractivity contribution in [2.45, 2.75) is 6.18 Å². The van der Waals surface area contributed by atoms with Crippen molar-refractivity contribution in [2.75, 3.05) is 10.6 Å². The number of hydrogen-bond donors (Lipinski definition) is 2. The second kappa shape index (κ2) is 8.93. The average molecular weight is 433 g/mol. The van der Waals surface area contributed by atoms with E-state index in [1.165, 1.54) is 12.1 Å². The molecule has 0 aliphatic rings. The van der Waals surface area contributed by atoms with E-state index < -0.39 is 11.7 Å². The zero-order chi connectivity index (χ0) is 22.6. The van der Waals surface area contributed by atoms with E-state index in [2.05, 4.69) is 15.6 Å². The second-order valence-electron chi connectivity index (χ2n) is 6.99. The van der Waals surface area contributed by atoms with Gasteiger partial charge in [-0.3, -0.25) is 4.79 Å². The first-order valence-corrected chi connectivity index (χ1v) is 9.76. The molecule has 0 radical (unpaired) electrons. The first-order valence-electron chi connectivity index (χ1n) is 9.76. The topological polar surface area (TPSA) is 54.0 Å². The van der Waals surface area contributed by atoms with Gasteiger partial charge in [0.05, 0.1) is 5.56 Å². The molecule has 0 saturated carbocycles. The van der Waals surface area contributed by atoms with E-state index in [9.17, 15) is 18.0 Å². The summed E-state index contributed by atoms with van der Waals surface area (Å²) in [6.45, 7) is 0. The van der Waals surface area contributed by atoms with E-state index in [0.29, 0.717) is 28.2 Å². The minimum atomic E-state index is -4.41. The molecule has 1 aromatic heterocycles. The lowest BCUT2D eigenvalue weighted by Crippen LogP contribution is -2.13. The average Bonchev–Trinajstić information content (AvgIpc) is 2.80. The molecule has 0 aliphatic carbocycles. The van der Waals surface area contributed by atoms with E-state index in [0.717, 1.165) is 17.8 Å². The van der Waals surface area contributed by atoms with Gasteiger partial charge in [0.1, 0.15) is 5.82 Å². The lowest BCUT2D eigenvalue weighted by molar-refractivity contribution is -0.137. The van der Waals surface area contributed by atoms with Gasteiger partial charge < -0.3 is 10.6 Å². The largest absolute Gasteiger partial charge is 0.416 e. The zero-order valence-electron chi connectivity index (χ0n) is 16.7. The fraction of sp³-hybridized carbons (Fsp3) is 0.0400. The third-order valence-electron chi connectivity index (χ3n) is 4.77. The van der Waals surface area contributed by atoms with Crippen LogP contribution in [-0.2, 0) is 6.18 Å². The Bertz CT molecular complexity index is 1210. The van der Waals surface area contributed by atoms with Gasteiger partial charge in [0.15, 0.2) is 0 Å². The summed E-state index contributed by atoms with van der Waals surface area (Å²) in [5.41, 5.74) is 2.10. The summed E-state index contributed by atoms with van der Waals surface area (Å²) in [5, 5.41) is 5.99. The second-order valence-corrected chi connectivity index (χ2v) is 6.99. The van der Waals surface area contributed by atoms with Crippen LogP contribution in [0.2, 0.25) is 0 Å². The van der Waals surface area contributed by atoms with Gasteiger partial charge in [0.25, 0.3) is 5.91 Å². The number of halogens is 3.